The normalized spacial score (nSPS) is 11.5. The van der Waals surface area contributed by atoms with Crippen molar-refractivity contribution in [2.24, 2.45) is 0 Å². The Labute approximate surface area is 293 Å². The Kier molecular flexibility index (Phi) is 31.3. The molecule has 0 aliphatic rings. The van der Waals surface area contributed by atoms with Crippen LogP contribution in [0.25, 0.3) is 0 Å². The van der Waals surface area contributed by atoms with Crippen molar-refractivity contribution in [2.75, 3.05) is 39.5 Å². The molecule has 0 aliphatic heterocycles. The number of carbonyl (C=O) groups excluding carboxylic acids is 4. The van der Waals surface area contributed by atoms with E-state index in [0.29, 0.717) is 39.2 Å². The molecule has 49 heavy (non-hydrogen) atoms. The van der Waals surface area contributed by atoms with Crippen LogP contribution in [0.3, 0.4) is 0 Å². The average Bonchev–Trinajstić information content (AvgIpc) is 3.05. The van der Waals surface area contributed by atoms with E-state index in [2.05, 4.69) is 16.0 Å². The van der Waals surface area contributed by atoms with Crippen LogP contribution >= 0.6 is 0 Å². The number of unbranched alkanes of at least 4 members (excludes halogenated alkanes) is 15. The highest BCUT2D eigenvalue weighted by Crippen LogP contribution is 2.14. The number of ether oxygens (including phenoxy) is 2. The molecule has 0 radical (unpaired) electrons. The number of carboxylic acid groups (broad SMARTS) is 2. The molecule has 13 nitrogen and oxygen atoms in total. The zero-order valence-electron chi connectivity index (χ0n) is 30.0. The third-order valence-electron chi connectivity index (χ3n) is 8.05. The van der Waals surface area contributed by atoms with Crippen LogP contribution in [0, 0.1) is 0 Å². The number of amides is 3. The molecule has 0 spiro atoms. The number of hydrogen-bond donors (Lipinski definition) is 5. The molecule has 5 N–H and O–H groups in total. The molecular weight excluding hydrogens is 634 g/mol. The maximum Gasteiger partial charge on any atom is 0.326 e. The molecule has 0 aromatic rings. The van der Waals surface area contributed by atoms with Crippen LogP contribution in [0.1, 0.15) is 148 Å². The van der Waals surface area contributed by atoms with Gasteiger partial charge in [0.25, 0.3) is 0 Å². The van der Waals surface area contributed by atoms with E-state index >= 15 is 0 Å². The van der Waals surface area contributed by atoms with Crippen molar-refractivity contribution in [3.63, 3.8) is 0 Å². The van der Waals surface area contributed by atoms with Gasteiger partial charge in [-0.15, -0.1) is 0 Å². The standard InChI is InChI=1S/C36H65N3O10/c1-30(40)20-21-31(36(46)47)39-34(43)23-22-33(42)38-25-27-49-29-28-48-26-24-37-32(41)18-16-14-12-10-8-6-4-2-3-5-7-9-11-13-15-17-19-35(44)45/h31H,2-29H2,1H3,(H,37,41)(H,38,42)(H,39,43)(H,44,45)(H,46,47). The van der Waals surface area contributed by atoms with Crippen molar-refractivity contribution >= 4 is 35.4 Å². The summed E-state index contributed by atoms with van der Waals surface area (Å²) in [6.45, 7) is 3.41. The molecule has 3 amide bonds. The van der Waals surface area contributed by atoms with Crippen LogP contribution in [0.15, 0.2) is 0 Å². The first-order chi connectivity index (χ1) is 23.6. The summed E-state index contributed by atoms with van der Waals surface area (Å²) in [5.74, 6) is -2.96. The summed E-state index contributed by atoms with van der Waals surface area (Å²) in [7, 11) is 0. The first kappa shape index (κ1) is 45.9. The Bertz CT molecular complexity index is 915. The van der Waals surface area contributed by atoms with Crippen molar-refractivity contribution in [1.82, 2.24) is 16.0 Å². The fourth-order valence-electron chi connectivity index (χ4n) is 5.16. The summed E-state index contributed by atoms with van der Waals surface area (Å²) in [4.78, 5) is 68.5. The van der Waals surface area contributed by atoms with E-state index in [1.807, 2.05) is 0 Å². The molecule has 13 heteroatoms. The van der Waals surface area contributed by atoms with Gasteiger partial charge in [0.1, 0.15) is 11.8 Å². The predicted molar refractivity (Wildman–Crippen MR) is 187 cm³/mol. The number of carbonyl (C=O) groups is 6. The lowest BCUT2D eigenvalue weighted by molar-refractivity contribution is -0.142. The molecule has 284 valence electrons. The van der Waals surface area contributed by atoms with Crippen LogP contribution in [-0.2, 0) is 38.2 Å². The molecular formula is C36H65N3O10. The second kappa shape index (κ2) is 33.4. The SMILES string of the molecule is CC(=O)CCC(NC(=O)CCC(=O)NCCOCCOCCNC(=O)CCCCCCCCCCCCCCCCCCC(=O)O)C(=O)O. The van der Waals surface area contributed by atoms with Gasteiger partial charge in [-0.3, -0.25) is 19.2 Å². The highest BCUT2D eigenvalue weighted by Gasteiger charge is 2.20. The fourth-order valence-corrected chi connectivity index (χ4v) is 5.16. The quantitative estimate of drug-likeness (QED) is 0.0550. The van der Waals surface area contributed by atoms with E-state index < -0.39 is 23.9 Å². The first-order valence-corrected chi connectivity index (χ1v) is 18.5. The van der Waals surface area contributed by atoms with Gasteiger partial charge in [-0.25, -0.2) is 4.79 Å². The van der Waals surface area contributed by atoms with Crippen molar-refractivity contribution in [3.05, 3.63) is 0 Å². The molecule has 0 fully saturated rings. The van der Waals surface area contributed by atoms with E-state index in [1.165, 1.54) is 77.6 Å². The van der Waals surface area contributed by atoms with Gasteiger partial charge in [0.05, 0.1) is 26.4 Å². The number of ketones is 1. The summed E-state index contributed by atoms with van der Waals surface area (Å²) in [6.07, 6.45) is 19.6. The third kappa shape index (κ3) is 34.6. The Morgan fingerprint density at radius 1 is 0.490 bits per heavy atom. The number of carboxylic acids is 2. The van der Waals surface area contributed by atoms with Gasteiger partial charge in [-0.05, 0) is 26.2 Å². The summed E-state index contributed by atoms with van der Waals surface area (Å²) in [5.41, 5.74) is 0. The predicted octanol–water partition coefficient (Wildman–Crippen LogP) is 5.08. The van der Waals surface area contributed by atoms with Crippen molar-refractivity contribution in [3.8, 4) is 0 Å². The lowest BCUT2D eigenvalue weighted by Crippen LogP contribution is -2.41. The zero-order chi connectivity index (χ0) is 36.4. The van der Waals surface area contributed by atoms with Crippen LogP contribution in [0.5, 0.6) is 0 Å². The zero-order valence-corrected chi connectivity index (χ0v) is 30.0. The van der Waals surface area contributed by atoms with Crippen molar-refractivity contribution in [2.45, 2.75) is 154 Å². The largest absolute Gasteiger partial charge is 0.481 e. The van der Waals surface area contributed by atoms with Gasteiger partial charge in [0, 0.05) is 45.2 Å². The maximum atomic E-state index is 12.0. The summed E-state index contributed by atoms with van der Waals surface area (Å²) in [6, 6.07) is -1.16. The highest BCUT2D eigenvalue weighted by molar-refractivity contribution is 5.87. The maximum absolute atomic E-state index is 12.0. The second-order valence-electron chi connectivity index (χ2n) is 12.7. The van der Waals surface area contributed by atoms with Gasteiger partial charge in [-0.1, -0.05) is 89.9 Å². The Morgan fingerprint density at radius 2 is 0.878 bits per heavy atom. The summed E-state index contributed by atoms with van der Waals surface area (Å²) < 4.78 is 10.9. The van der Waals surface area contributed by atoms with Crippen molar-refractivity contribution < 1.29 is 48.5 Å². The minimum atomic E-state index is -1.22. The number of nitrogens with one attached hydrogen (secondary N) is 3. The van der Waals surface area contributed by atoms with E-state index in [0.717, 1.165) is 32.1 Å². The molecule has 0 heterocycles. The monoisotopic (exact) mass is 699 g/mol. The third-order valence-corrected chi connectivity index (χ3v) is 8.05. The Morgan fingerprint density at radius 3 is 1.29 bits per heavy atom. The van der Waals surface area contributed by atoms with Gasteiger partial charge in [0.2, 0.25) is 17.7 Å². The molecule has 1 atom stereocenters. The first-order valence-electron chi connectivity index (χ1n) is 18.5. The van der Waals surface area contributed by atoms with Gasteiger partial charge < -0.3 is 40.4 Å². The summed E-state index contributed by atoms with van der Waals surface area (Å²) in [5, 5.41) is 25.6. The Hall–Kier alpha value is -3.06. The lowest BCUT2D eigenvalue weighted by Gasteiger charge is -2.13. The van der Waals surface area contributed by atoms with Crippen molar-refractivity contribution in [1.29, 1.82) is 0 Å². The van der Waals surface area contributed by atoms with Crippen LogP contribution < -0.4 is 16.0 Å². The lowest BCUT2D eigenvalue weighted by atomic mass is 10.0. The van der Waals surface area contributed by atoms with Gasteiger partial charge in [-0.2, -0.15) is 0 Å². The van der Waals surface area contributed by atoms with Crippen LogP contribution in [-0.4, -0.2) is 91.2 Å². The fraction of sp³-hybridized carbons (Fsp3) is 0.833. The second-order valence-corrected chi connectivity index (χ2v) is 12.7. The van der Waals surface area contributed by atoms with E-state index in [-0.39, 0.29) is 56.4 Å². The molecule has 1 unspecified atom stereocenters. The minimum absolute atomic E-state index is 0.00515. The molecule has 0 bridgehead atoms. The molecule has 0 saturated carbocycles. The van der Waals surface area contributed by atoms with E-state index in [9.17, 15) is 28.8 Å². The van der Waals surface area contributed by atoms with Crippen LogP contribution in [0.2, 0.25) is 0 Å². The number of aliphatic carboxylic acids is 2. The smallest absolute Gasteiger partial charge is 0.326 e. The Balaban J connectivity index is 3.43. The topological polar surface area (TPSA) is 197 Å². The van der Waals surface area contributed by atoms with Gasteiger partial charge >= 0.3 is 11.9 Å². The summed E-state index contributed by atoms with van der Waals surface area (Å²) >= 11 is 0. The number of Topliss-reactive ketones (excluding diaryl/α,β-unsaturated/α-hetero) is 1. The highest BCUT2D eigenvalue weighted by atomic mass is 16.5. The molecule has 0 saturated heterocycles. The molecule has 0 aliphatic carbocycles. The van der Waals surface area contributed by atoms with Crippen LogP contribution in [0.4, 0.5) is 0 Å². The molecule has 0 aromatic carbocycles. The minimum Gasteiger partial charge on any atom is -0.481 e. The number of hydrogen-bond acceptors (Lipinski definition) is 8. The van der Waals surface area contributed by atoms with E-state index in [1.54, 1.807) is 0 Å². The molecule has 0 aromatic heterocycles. The average molecular weight is 700 g/mol. The van der Waals surface area contributed by atoms with Gasteiger partial charge in [0.15, 0.2) is 0 Å². The van der Waals surface area contributed by atoms with E-state index in [4.69, 9.17) is 19.7 Å². The molecule has 0 rings (SSSR count). The number of rotatable bonds is 36.